The molecule has 5 nitrogen and oxygen atoms in total. The Morgan fingerprint density at radius 2 is 2.25 bits per heavy atom. The molecule has 0 aliphatic rings. The normalized spacial score (nSPS) is 12.4. The van der Waals surface area contributed by atoms with Crippen molar-refractivity contribution in [3.05, 3.63) is 18.1 Å². The van der Waals surface area contributed by atoms with Gasteiger partial charge in [0.1, 0.15) is 6.33 Å². The highest BCUT2D eigenvalue weighted by Crippen LogP contribution is 2.08. The fourth-order valence-electron chi connectivity index (χ4n) is 1.35. The van der Waals surface area contributed by atoms with E-state index in [-0.39, 0.29) is 6.04 Å². The summed E-state index contributed by atoms with van der Waals surface area (Å²) in [7, 11) is 1.58. The van der Waals surface area contributed by atoms with E-state index in [0.717, 1.165) is 18.7 Å². The lowest BCUT2D eigenvalue weighted by Crippen LogP contribution is -2.25. The largest absolute Gasteiger partial charge is 0.481 e. The SMILES string of the molecule is CCOCCC(N)Cc1cc(OC)ncn1. The molecule has 5 heteroatoms. The van der Waals surface area contributed by atoms with Crippen molar-refractivity contribution in [2.24, 2.45) is 5.73 Å². The minimum Gasteiger partial charge on any atom is -0.481 e. The standard InChI is InChI=1S/C11H19N3O2/c1-3-16-5-4-9(12)6-10-7-11(15-2)14-8-13-10/h7-9H,3-6,12H2,1-2H3. The molecule has 0 saturated carbocycles. The Kier molecular flexibility index (Phi) is 5.74. The van der Waals surface area contributed by atoms with Crippen molar-refractivity contribution in [2.45, 2.75) is 25.8 Å². The molecule has 1 aromatic rings. The average molecular weight is 225 g/mol. The van der Waals surface area contributed by atoms with E-state index in [4.69, 9.17) is 15.2 Å². The van der Waals surface area contributed by atoms with Crippen LogP contribution in [0, 0.1) is 0 Å². The van der Waals surface area contributed by atoms with Crippen LogP contribution in [0.1, 0.15) is 19.0 Å². The topological polar surface area (TPSA) is 70.3 Å². The highest BCUT2D eigenvalue weighted by atomic mass is 16.5. The van der Waals surface area contributed by atoms with Gasteiger partial charge in [-0.2, -0.15) is 0 Å². The maximum atomic E-state index is 5.96. The third-order valence-corrected chi connectivity index (χ3v) is 2.22. The molecular formula is C11H19N3O2. The molecule has 1 aromatic heterocycles. The second-order valence-electron chi connectivity index (χ2n) is 3.50. The zero-order chi connectivity index (χ0) is 11.8. The van der Waals surface area contributed by atoms with Crippen molar-refractivity contribution in [1.82, 2.24) is 9.97 Å². The molecule has 0 radical (unpaired) electrons. The van der Waals surface area contributed by atoms with Gasteiger partial charge in [0.2, 0.25) is 5.88 Å². The number of nitrogens with two attached hydrogens (primary N) is 1. The van der Waals surface area contributed by atoms with E-state index in [0.29, 0.717) is 18.9 Å². The van der Waals surface area contributed by atoms with Gasteiger partial charge in [0.05, 0.1) is 7.11 Å². The molecule has 0 aliphatic carbocycles. The van der Waals surface area contributed by atoms with E-state index < -0.39 is 0 Å². The second kappa shape index (κ2) is 7.14. The summed E-state index contributed by atoms with van der Waals surface area (Å²) in [6, 6.07) is 1.87. The van der Waals surface area contributed by atoms with Crippen molar-refractivity contribution in [3.8, 4) is 5.88 Å². The molecule has 0 saturated heterocycles. The van der Waals surface area contributed by atoms with Gasteiger partial charge in [-0.25, -0.2) is 9.97 Å². The van der Waals surface area contributed by atoms with E-state index in [1.54, 1.807) is 13.2 Å². The summed E-state index contributed by atoms with van der Waals surface area (Å²) < 4.78 is 10.3. The average Bonchev–Trinajstić information content (AvgIpc) is 2.29. The van der Waals surface area contributed by atoms with Crippen LogP contribution in [0.4, 0.5) is 0 Å². The first-order chi connectivity index (χ1) is 7.76. The van der Waals surface area contributed by atoms with Gasteiger partial charge in [0, 0.05) is 37.4 Å². The molecule has 1 heterocycles. The van der Waals surface area contributed by atoms with Crippen molar-refractivity contribution in [1.29, 1.82) is 0 Å². The maximum Gasteiger partial charge on any atom is 0.216 e. The molecule has 0 fully saturated rings. The number of aromatic nitrogens is 2. The van der Waals surface area contributed by atoms with E-state index in [2.05, 4.69) is 9.97 Å². The van der Waals surface area contributed by atoms with Gasteiger partial charge in [-0.1, -0.05) is 0 Å². The van der Waals surface area contributed by atoms with Crippen molar-refractivity contribution in [2.75, 3.05) is 20.3 Å². The van der Waals surface area contributed by atoms with E-state index in [1.807, 2.05) is 6.92 Å². The number of hydrogen-bond donors (Lipinski definition) is 1. The first-order valence-electron chi connectivity index (χ1n) is 5.44. The summed E-state index contributed by atoms with van der Waals surface area (Å²) in [6.07, 6.45) is 3.04. The Hall–Kier alpha value is -1.20. The summed E-state index contributed by atoms with van der Waals surface area (Å²) in [6.45, 7) is 3.40. The number of methoxy groups -OCH3 is 1. The first-order valence-corrected chi connectivity index (χ1v) is 5.44. The monoisotopic (exact) mass is 225 g/mol. The molecule has 1 unspecified atom stereocenters. The molecule has 0 amide bonds. The van der Waals surface area contributed by atoms with Gasteiger partial charge in [0.25, 0.3) is 0 Å². The zero-order valence-electron chi connectivity index (χ0n) is 9.85. The minimum atomic E-state index is 0.0613. The van der Waals surface area contributed by atoms with Gasteiger partial charge < -0.3 is 15.2 Å². The van der Waals surface area contributed by atoms with Crippen LogP contribution in [0.25, 0.3) is 0 Å². The lowest BCUT2D eigenvalue weighted by molar-refractivity contribution is 0.140. The van der Waals surface area contributed by atoms with Crippen LogP contribution >= 0.6 is 0 Å². The highest BCUT2D eigenvalue weighted by Gasteiger charge is 2.06. The summed E-state index contributed by atoms with van der Waals surface area (Å²) in [5.41, 5.74) is 6.86. The van der Waals surface area contributed by atoms with E-state index >= 15 is 0 Å². The van der Waals surface area contributed by atoms with Gasteiger partial charge in [0.15, 0.2) is 0 Å². The van der Waals surface area contributed by atoms with Crippen LogP contribution in [0.3, 0.4) is 0 Å². The van der Waals surface area contributed by atoms with Crippen LogP contribution < -0.4 is 10.5 Å². The van der Waals surface area contributed by atoms with Gasteiger partial charge in [-0.05, 0) is 13.3 Å². The fraction of sp³-hybridized carbons (Fsp3) is 0.636. The fourth-order valence-corrected chi connectivity index (χ4v) is 1.35. The van der Waals surface area contributed by atoms with Gasteiger partial charge in [-0.15, -0.1) is 0 Å². The minimum absolute atomic E-state index is 0.0613. The Morgan fingerprint density at radius 1 is 1.44 bits per heavy atom. The molecule has 2 N–H and O–H groups in total. The Bertz CT molecular complexity index is 307. The molecule has 0 aromatic carbocycles. The molecular weight excluding hydrogens is 206 g/mol. The maximum absolute atomic E-state index is 5.96. The number of hydrogen-bond acceptors (Lipinski definition) is 5. The number of nitrogens with zero attached hydrogens (tertiary/aromatic N) is 2. The lowest BCUT2D eigenvalue weighted by atomic mass is 10.1. The molecule has 1 atom stereocenters. The summed E-state index contributed by atoms with van der Waals surface area (Å²) in [5.74, 6) is 0.571. The van der Waals surface area contributed by atoms with Crippen LogP contribution in [-0.4, -0.2) is 36.3 Å². The van der Waals surface area contributed by atoms with Gasteiger partial charge in [-0.3, -0.25) is 0 Å². The third-order valence-electron chi connectivity index (χ3n) is 2.22. The molecule has 1 rings (SSSR count). The Morgan fingerprint density at radius 3 is 2.94 bits per heavy atom. The second-order valence-corrected chi connectivity index (χ2v) is 3.50. The molecule has 0 aliphatic heterocycles. The third kappa shape index (κ3) is 4.55. The smallest absolute Gasteiger partial charge is 0.216 e. The highest BCUT2D eigenvalue weighted by molar-refractivity contribution is 5.14. The first kappa shape index (κ1) is 12.9. The Balaban J connectivity index is 2.39. The molecule has 16 heavy (non-hydrogen) atoms. The molecule has 0 bridgehead atoms. The predicted octanol–water partition coefficient (Wildman–Crippen LogP) is 0.782. The predicted molar refractivity (Wildman–Crippen MR) is 61.4 cm³/mol. The zero-order valence-corrected chi connectivity index (χ0v) is 9.85. The molecule has 0 spiro atoms. The van der Waals surface area contributed by atoms with Crippen LogP contribution in [0.5, 0.6) is 5.88 Å². The van der Waals surface area contributed by atoms with Crippen LogP contribution in [0.2, 0.25) is 0 Å². The van der Waals surface area contributed by atoms with Crippen LogP contribution in [-0.2, 0) is 11.2 Å². The van der Waals surface area contributed by atoms with E-state index in [9.17, 15) is 0 Å². The summed E-state index contributed by atoms with van der Waals surface area (Å²) in [5, 5.41) is 0. The number of ether oxygens (including phenoxy) is 2. The van der Waals surface area contributed by atoms with E-state index in [1.165, 1.54) is 6.33 Å². The van der Waals surface area contributed by atoms with Crippen molar-refractivity contribution < 1.29 is 9.47 Å². The summed E-state index contributed by atoms with van der Waals surface area (Å²) >= 11 is 0. The summed E-state index contributed by atoms with van der Waals surface area (Å²) in [4.78, 5) is 8.09. The van der Waals surface area contributed by atoms with Gasteiger partial charge >= 0.3 is 0 Å². The molecule has 90 valence electrons. The number of rotatable bonds is 7. The van der Waals surface area contributed by atoms with Crippen molar-refractivity contribution in [3.63, 3.8) is 0 Å². The van der Waals surface area contributed by atoms with Crippen LogP contribution in [0.15, 0.2) is 12.4 Å². The quantitative estimate of drug-likeness (QED) is 0.694. The van der Waals surface area contributed by atoms with Crippen molar-refractivity contribution >= 4 is 0 Å². The Labute approximate surface area is 96.0 Å². The lowest BCUT2D eigenvalue weighted by Gasteiger charge is -2.11.